The van der Waals surface area contributed by atoms with Crippen LogP contribution in [0.25, 0.3) is 0 Å². The van der Waals surface area contributed by atoms with Gasteiger partial charge in [0, 0.05) is 5.69 Å². The molecular weight excluding hydrogens is 345 g/mol. The Morgan fingerprint density at radius 3 is 2.08 bits per heavy atom. The highest BCUT2D eigenvalue weighted by atomic mass is 19.4. The van der Waals surface area contributed by atoms with Crippen molar-refractivity contribution in [2.24, 2.45) is 0 Å². The lowest BCUT2D eigenvalue weighted by atomic mass is 10.0. The molecule has 0 aromatic heterocycles. The van der Waals surface area contributed by atoms with Crippen molar-refractivity contribution in [3.8, 4) is 0 Å². The number of hydrogen-bond donors (Lipinski definition) is 2. The highest BCUT2D eigenvalue weighted by Gasteiger charge is 2.33. The molecule has 2 amide bonds. The minimum atomic E-state index is -4.59. The molecule has 2 aromatic carbocycles. The van der Waals surface area contributed by atoms with Gasteiger partial charge in [0.25, 0.3) is 0 Å². The zero-order chi connectivity index (χ0) is 19.3. The van der Waals surface area contributed by atoms with Crippen molar-refractivity contribution in [3.05, 3.63) is 59.7 Å². The van der Waals surface area contributed by atoms with Gasteiger partial charge in [0.05, 0.1) is 11.3 Å². The molecule has 2 aromatic rings. The molecule has 0 radical (unpaired) electrons. The van der Waals surface area contributed by atoms with E-state index in [9.17, 15) is 22.8 Å². The van der Waals surface area contributed by atoms with Crippen LogP contribution < -0.4 is 10.6 Å². The number of hydrogen-bond acceptors (Lipinski definition) is 2. The molecule has 0 aliphatic rings. The fraction of sp³-hybridized carbons (Fsp3) is 0.263. The molecular formula is C19H19F3N2O2. The number of carbonyl (C=O) groups excluding carboxylic acids is 2. The van der Waals surface area contributed by atoms with Gasteiger partial charge in [-0.15, -0.1) is 0 Å². The predicted octanol–water partition coefficient (Wildman–Crippen LogP) is 4.80. The van der Waals surface area contributed by atoms with E-state index in [1.165, 1.54) is 12.1 Å². The molecule has 0 unspecified atom stereocenters. The van der Waals surface area contributed by atoms with Gasteiger partial charge in [0.1, 0.15) is 6.42 Å². The van der Waals surface area contributed by atoms with Gasteiger partial charge in [0.2, 0.25) is 11.8 Å². The van der Waals surface area contributed by atoms with Crippen LogP contribution in [0.3, 0.4) is 0 Å². The zero-order valence-electron chi connectivity index (χ0n) is 14.4. The molecule has 0 atom stereocenters. The Balaban J connectivity index is 1.97. The summed E-state index contributed by atoms with van der Waals surface area (Å²) in [6, 6.07) is 11.8. The topological polar surface area (TPSA) is 58.2 Å². The summed E-state index contributed by atoms with van der Waals surface area (Å²) >= 11 is 0. The second-order valence-corrected chi connectivity index (χ2v) is 6.09. The fourth-order valence-corrected chi connectivity index (χ4v) is 2.34. The number of amides is 2. The monoisotopic (exact) mass is 364 g/mol. The van der Waals surface area contributed by atoms with Crippen LogP contribution in [0.2, 0.25) is 0 Å². The van der Waals surface area contributed by atoms with E-state index < -0.39 is 30.0 Å². The predicted molar refractivity (Wildman–Crippen MR) is 93.9 cm³/mol. The van der Waals surface area contributed by atoms with Crippen molar-refractivity contribution in [1.82, 2.24) is 0 Å². The van der Waals surface area contributed by atoms with Gasteiger partial charge in [-0.2, -0.15) is 13.2 Å². The van der Waals surface area contributed by atoms with E-state index in [1.807, 2.05) is 26.0 Å². The second-order valence-electron chi connectivity index (χ2n) is 6.09. The van der Waals surface area contributed by atoms with E-state index in [2.05, 4.69) is 10.6 Å². The van der Waals surface area contributed by atoms with Crippen molar-refractivity contribution >= 4 is 23.2 Å². The number of para-hydroxylation sites is 1. The number of rotatable bonds is 5. The molecule has 0 saturated carbocycles. The molecule has 2 N–H and O–H groups in total. The highest BCUT2D eigenvalue weighted by Crippen LogP contribution is 2.34. The molecule has 0 aliphatic carbocycles. The Bertz CT molecular complexity index is 784. The number of carbonyl (C=O) groups is 2. The third-order valence-corrected chi connectivity index (χ3v) is 3.69. The van der Waals surface area contributed by atoms with Gasteiger partial charge in [-0.1, -0.05) is 38.1 Å². The van der Waals surface area contributed by atoms with E-state index in [1.54, 1.807) is 12.1 Å². The van der Waals surface area contributed by atoms with Gasteiger partial charge in [-0.3, -0.25) is 9.59 Å². The lowest BCUT2D eigenvalue weighted by Crippen LogP contribution is -2.22. The number of anilines is 2. The van der Waals surface area contributed by atoms with Crippen LogP contribution >= 0.6 is 0 Å². The highest BCUT2D eigenvalue weighted by molar-refractivity contribution is 6.08. The van der Waals surface area contributed by atoms with Crippen LogP contribution in [-0.2, 0) is 15.8 Å². The lowest BCUT2D eigenvalue weighted by molar-refractivity contribution is -0.137. The van der Waals surface area contributed by atoms with Crippen LogP contribution in [0, 0.1) is 0 Å². The van der Waals surface area contributed by atoms with Crippen molar-refractivity contribution in [3.63, 3.8) is 0 Å². The average Bonchev–Trinajstić information content (AvgIpc) is 2.54. The molecule has 0 aliphatic heterocycles. The van der Waals surface area contributed by atoms with Crippen LogP contribution in [0.4, 0.5) is 24.5 Å². The summed E-state index contributed by atoms with van der Waals surface area (Å²) in [5.74, 6) is -1.08. The molecule has 4 nitrogen and oxygen atoms in total. The minimum absolute atomic E-state index is 0.347. The zero-order valence-corrected chi connectivity index (χ0v) is 14.4. The summed E-state index contributed by atoms with van der Waals surface area (Å²) in [5, 5.41) is 4.69. The summed E-state index contributed by atoms with van der Waals surface area (Å²) in [7, 11) is 0. The summed E-state index contributed by atoms with van der Waals surface area (Å²) in [6.07, 6.45) is -5.18. The number of alkyl halides is 3. The summed E-state index contributed by atoms with van der Waals surface area (Å²) in [6.45, 7) is 4.08. The molecule has 7 heteroatoms. The molecule has 138 valence electrons. The first-order valence-corrected chi connectivity index (χ1v) is 8.02. The van der Waals surface area contributed by atoms with Crippen molar-refractivity contribution in [2.45, 2.75) is 32.4 Å². The summed E-state index contributed by atoms with van der Waals surface area (Å²) in [4.78, 5) is 23.8. The standard InChI is InChI=1S/C19H19F3N2O2/c1-12(2)13-7-9-14(10-8-13)23-17(25)11-18(26)24-16-6-4-3-5-15(16)19(20,21)22/h3-10,12H,11H2,1-2H3,(H,23,25)(H,24,26). The van der Waals surface area contributed by atoms with Crippen molar-refractivity contribution in [1.29, 1.82) is 0 Å². The van der Waals surface area contributed by atoms with Crippen LogP contribution in [0.15, 0.2) is 48.5 Å². The Hall–Kier alpha value is -2.83. The van der Waals surface area contributed by atoms with Crippen LogP contribution in [0.5, 0.6) is 0 Å². The summed E-state index contributed by atoms with van der Waals surface area (Å²) < 4.78 is 38.7. The minimum Gasteiger partial charge on any atom is -0.326 e. The van der Waals surface area contributed by atoms with Gasteiger partial charge >= 0.3 is 6.18 Å². The maximum atomic E-state index is 12.9. The molecule has 0 heterocycles. The van der Waals surface area contributed by atoms with Gasteiger partial charge < -0.3 is 10.6 Å². The third-order valence-electron chi connectivity index (χ3n) is 3.69. The van der Waals surface area contributed by atoms with E-state index in [0.29, 0.717) is 11.6 Å². The number of nitrogens with one attached hydrogen (secondary N) is 2. The van der Waals surface area contributed by atoms with E-state index in [-0.39, 0.29) is 5.69 Å². The normalized spacial score (nSPS) is 11.3. The third kappa shape index (κ3) is 5.34. The fourth-order valence-electron chi connectivity index (χ4n) is 2.34. The molecule has 0 saturated heterocycles. The quantitative estimate of drug-likeness (QED) is 0.749. The first kappa shape index (κ1) is 19.5. The van der Waals surface area contributed by atoms with E-state index in [4.69, 9.17) is 0 Å². The van der Waals surface area contributed by atoms with E-state index >= 15 is 0 Å². The molecule has 26 heavy (non-hydrogen) atoms. The van der Waals surface area contributed by atoms with Crippen molar-refractivity contribution < 1.29 is 22.8 Å². The van der Waals surface area contributed by atoms with Crippen LogP contribution in [-0.4, -0.2) is 11.8 Å². The van der Waals surface area contributed by atoms with Crippen LogP contribution in [0.1, 0.15) is 37.3 Å². The number of halogens is 3. The Labute approximate surface area is 149 Å². The Morgan fingerprint density at radius 2 is 1.50 bits per heavy atom. The van der Waals surface area contributed by atoms with Gasteiger partial charge in [0.15, 0.2) is 0 Å². The van der Waals surface area contributed by atoms with Gasteiger partial charge in [-0.05, 0) is 35.7 Å². The van der Waals surface area contributed by atoms with Crippen molar-refractivity contribution in [2.75, 3.05) is 10.6 Å². The maximum Gasteiger partial charge on any atom is 0.418 e. The Morgan fingerprint density at radius 1 is 0.923 bits per heavy atom. The number of benzene rings is 2. The molecule has 0 bridgehead atoms. The first-order valence-electron chi connectivity index (χ1n) is 8.02. The second kappa shape index (κ2) is 8.03. The molecule has 0 spiro atoms. The van der Waals surface area contributed by atoms with E-state index in [0.717, 1.165) is 17.7 Å². The Kier molecular flexibility index (Phi) is 6.02. The summed E-state index contributed by atoms with van der Waals surface area (Å²) in [5.41, 5.74) is 0.282. The SMILES string of the molecule is CC(C)c1ccc(NC(=O)CC(=O)Nc2ccccc2C(F)(F)F)cc1. The maximum absolute atomic E-state index is 12.9. The average molecular weight is 364 g/mol. The lowest BCUT2D eigenvalue weighted by Gasteiger charge is -2.13. The largest absolute Gasteiger partial charge is 0.418 e. The smallest absolute Gasteiger partial charge is 0.326 e. The first-order chi connectivity index (χ1) is 12.2. The molecule has 0 fully saturated rings. The van der Waals surface area contributed by atoms with Gasteiger partial charge in [-0.25, -0.2) is 0 Å². The molecule has 2 rings (SSSR count).